The lowest BCUT2D eigenvalue weighted by atomic mass is 9.98. The minimum absolute atomic E-state index is 0. The number of aromatic hydroxyl groups is 5. The van der Waals surface area contributed by atoms with Gasteiger partial charge in [0.05, 0.1) is 0 Å². The molecule has 0 aliphatic heterocycles. The number of phenols is 5. The van der Waals surface area contributed by atoms with E-state index in [1.54, 1.807) is 18.2 Å². The average molecular weight is 1990 g/mol. The zero-order valence-corrected chi connectivity index (χ0v) is 85.3. The lowest BCUT2D eigenvalue weighted by molar-refractivity contribution is 0.479. The van der Waals surface area contributed by atoms with Crippen molar-refractivity contribution in [1.82, 2.24) is 26.6 Å². The summed E-state index contributed by atoms with van der Waals surface area (Å²) in [7, 11) is 11.6. The standard InChI is InChI=1S/C26H23FNOP.C26H24NOP.2C21H22NOP.C20H20NOP.5ClH/c1-28-17-21-14-22(27)12-13-24(21)30-25-16-20(18-8-4-2-5-9-18)15-23(26(25)29)19-10-6-3-7-11-19;1-27-18-21-14-8-9-15-24(21)29-25-17-22(19-10-4-2-5-11-19)16-23(26(25)28)20-12-6-3-7-13-20;1-15-8-6-11-17(14-22-2)21(15)24-19-13-7-12-18(20(19)23)16-9-4-3-5-10-16;1-15-8-11-20(18(12-15)14-22-2)24-21-13-17(9-10-19(21)23)16-6-4-3-5-7-16;1-21-14-17-9-5-6-10-19(17)23-20-13-16(11-12-18(20)22)15-7-3-2-4-8-15;;;;;/h2-16,28-30H,17H2,1H3;2-17,27-29H,18H2,1H3;2*3-13,22-24H,14H2,1-2H3;2-13,21-23H,14H2,1H3;5*1H. The summed E-state index contributed by atoms with van der Waals surface area (Å²) < 4.78 is 13.8. The van der Waals surface area contributed by atoms with Crippen LogP contribution in [0, 0.1) is 19.7 Å². The molecule has 0 saturated carbocycles. The Morgan fingerprint density at radius 1 is 0.215 bits per heavy atom. The first-order valence-electron chi connectivity index (χ1n) is 43.4. The second-order valence-electron chi connectivity index (χ2n) is 31.2. The molecule has 0 aromatic heterocycles. The van der Waals surface area contributed by atoms with Gasteiger partial charge >= 0.3 is 0 Å². The van der Waals surface area contributed by atoms with Crippen LogP contribution in [0.4, 0.5) is 4.39 Å². The molecule has 21 heteroatoms. The van der Waals surface area contributed by atoms with Crippen LogP contribution < -0.4 is 79.6 Å². The predicted octanol–water partition coefficient (Wildman–Crippen LogP) is 23.2. The Labute approximate surface area is 835 Å². The third-order valence-corrected chi connectivity index (χ3v) is 29.1. The summed E-state index contributed by atoms with van der Waals surface area (Å²) in [5.74, 6) is 1.51. The van der Waals surface area contributed by atoms with Gasteiger partial charge < -0.3 is 52.1 Å². The van der Waals surface area contributed by atoms with Crippen molar-refractivity contribution in [2.24, 2.45) is 0 Å². The first kappa shape index (κ1) is 109. The van der Waals surface area contributed by atoms with Gasteiger partial charge in [-0.2, -0.15) is 0 Å². The topological polar surface area (TPSA) is 161 Å². The first-order valence-corrected chi connectivity index (χ1v) is 48.4. The molecule has 694 valence electrons. The van der Waals surface area contributed by atoms with Crippen LogP contribution in [0.5, 0.6) is 28.7 Å². The Morgan fingerprint density at radius 3 is 0.919 bits per heavy atom. The van der Waals surface area contributed by atoms with Crippen LogP contribution in [0.2, 0.25) is 0 Å². The second kappa shape index (κ2) is 56.6. The molecule has 5 atom stereocenters. The minimum Gasteiger partial charge on any atom is -0.507 e. The molecule has 0 amide bonds. The third kappa shape index (κ3) is 30.8. The zero-order chi connectivity index (χ0) is 90.9. The van der Waals surface area contributed by atoms with E-state index in [1.165, 1.54) is 71.8 Å². The second-order valence-corrected chi connectivity index (χ2v) is 37.8. The molecule has 10 N–H and O–H groups in total. The Hall–Kier alpha value is -10.9. The lowest BCUT2D eigenvalue weighted by Gasteiger charge is -2.16. The maximum atomic E-state index is 13.8. The van der Waals surface area contributed by atoms with Gasteiger partial charge in [0.15, 0.2) is 0 Å². The van der Waals surface area contributed by atoms with Crippen molar-refractivity contribution in [2.75, 3.05) is 35.2 Å². The maximum absolute atomic E-state index is 13.8. The highest BCUT2D eigenvalue weighted by Crippen LogP contribution is 2.40. The first-order chi connectivity index (χ1) is 63.6. The number of nitrogens with one attached hydrogen (secondary N) is 5. The van der Waals surface area contributed by atoms with Gasteiger partial charge in [-0.25, -0.2) is 4.39 Å². The number of rotatable bonds is 27. The van der Waals surface area contributed by atoms with Crippen molar-refractivity contribution in [3.63, 3.8) is 0 Å². The Bertz CT molecular complexity index is 6540. The molecule has 0 heterocycles. The van der Waals surface area contributed by atoms with Gasteiger partial charge in [-0.05, 0) is 231 Å². The molecule has 5 unspecified atom stereocenters. The van der Waals surface area contributed by atoms with Crippen molar-refractivity contribution in [3.05, 3.63) is 439 Å². The monoisotopic (exact) mass is 1980 g/mol. The Morgan fingerprint density at radius 2 is 0.511 bits per heavy atom. The van der Waals surface area contributed by atoms with E-state index in [2.05, 4.69) is 210 Å². The summed E-state index contributed by atoms with van der Waals surface area (Å²) in [4.78, 5) is 0. The molecule has 0 spiro atoms. The molecule has 17 rings (SSSR count). The SMILES string of the molecule is CNCc1cc(C)ccc1Pc1cc(-c2ccccc2)ccc1O.CNCc1cc(F)ccc1Pc1cc(-c2ccccc2)cc(-c2ccccc2)c1O.CNCc1cccc(C)c1Pc1cccc(-c2ccccc2)c1O.CNCc1ccccc1Pc1cc(-c2ccccc2)cc(-c2ccccc2)c1O.CNCc1ccccc1Pc1cc(-c2ccccc2)ccc1O.Cl.Cl.Cl.Cl.Cl. The largest absolute Gasteiger partial charge is 0.507 e. The normalized spacial score (nSPS) is 10.8. The van der Waals surface area contributed by atoms with E-state index in [1.807, 2.05) is 235 Å². The molecule has 17 aromatic carbocycles. The fourth-order valence-electron chi connectivity index (χ4n) is 15.3. The molecule has 0 aliphatic rings. The van der Waals surface area contributed by atoms with Gasteiger partial charge in [0.25, 0.3) is 0 Å². The molecule has 17 aromatic rings. The van der Waals surface area contributed by atoms with E-state index in [0.29, 0.717) is 63.9 Å². The van der Waals surface area contributed by atoms with Crippen molar-refractivity contribution < 1.29 is 29.9 Å². The van der Waals surface area contributed by atoms with E-state index in [4.69, 9.17) is 0 Å². The molecule has 0 bridgehead atoms. The van der Waals surface area contributed by atoms with Gasteiger partial charge in [0.1, 0.15) is 34.6 Å². The van der Waals surface area contributed by atoms with Gasteiger partial charge in [0.2, 0.25) is 0 Å². The van der Waals surface area contributed by atoms with Crippen LogP contribution in [-0.4, -0.2) is 60.8 Å². The van der Waals surface area contributed by atoms with Gasteiger partial charge in [-0.3, -0.25) is 0 Å². The highest BCUT2D eigenvalue weighted by Gasteiger charge is 2.20. The van der Waals surface area contributed by atoms with Crippen LogP contribution in [-0.2, 0) is 32.7 Å². The number of phenolic OH excluding ortho intramolecular Hbond substituents is 5. The minimum atomic E-state index is -0.249. The molecular weight excluding hydrogens is 1870 g/mol. The molecule has 135 heavy (non-hydrogen) atoms. The van der Waals surface area contributed by atoms with Crippen LogP contribution in [0.25, 0.3) is 77.9 Å². The predicted molar refractivity (Wildman–Crippen MR) is 598 cm³/mol. The van der Waals surface area contributed by atoms with Crippen LogP contribution >= 0.6 is 105 Å². The van der Waals surface area contributed by atoms with E-state index >= 15 is 0 Å². The zero-order valence-electron chi connectivity index (χ0n) is 76.2. The quantitative estimate of drug-likeness (QED) is 0.0225. The van der Waals surface area contributed by atoms with Crippen LogP contribution in [0.1, 0.15) is 38.9 Å². The van der Waals surface area contributed by atoms with Crippen molar-refractivity contribution in [3.8, 4) is 107 Å². The molecular formula is C114H116Cl5FN5O5P5. The molecule has 0 radical (unpaired) electrons. The number of benzene rings is 17. The summed E-state index contributed by atoms with van der Waals surface area (Å²) >= 11 is 0. The Kier molecular flexibility index (Phi) is 45.8. The van der Waals surface area contributed by atoms with Gasteiger partial charge in [0, 0.05) is 75.9 Å². The van der Waals surface area contributed by atoms with Crippen LogP contribution in [0.3, 0.4) is 0 Å². The fraction of sp³-hybridized carbons (Fsp3) is 0.105. The summed E-state index contributed by atoms with van der Waals surface area (Å²) in [6, 6.07) is 132. The van der Waals surface area contributed by atoms with Crippen molar-refractivity contribution >= 4 is 158 Å². The maximum Gasteiger partial charge on any atom is 0.131 e. The molecule has 0 aliphatic carbocycles. The Balaban J connectivity index is 0.000000206. The lowest BCUT2D eigenvalue weighted by Crippen LogP contribution is -2.17. The highest BCUT2D eigenvalue weighted by molar-refractivity contribution is 7.57. The van der Waals surface area contributed by atoms with E-state index in [9.17, 15) is 29.9 Å². The van der Waals surface area contributed by atoms with Crippen molar-refractivity contribution in [2.45, 2.75) is 46.6 Å². The van der Waals surface area contributed by atoms with Gasteiger partial charge in [-0.15, -0.1) is 62.0 Å². The molecule has 0 saturated heterocycles. The average Bonchev–Trinajstić information content (AvgIpc) is 0.801. The van der Waals surface area contributed by atoms with E-state index in [0.717, 1.165) is 130 Å². The summed E-state index contributed by atoms with van der Waals surface area (Å²) in [5.41, 5.74) is 23.2. The summed E-state index contributed by atoms with van der Waals surface area (Å²) in [5, 5.41) is 80.6. The number of halogens is 6. The van der Waals surface area contributed by atoms with E-state index in [-0.39, 0.29) is 82.2 Å². The highest BCUT2D eigenvalue weighted by atomic mass is 35.5. The number of para-hydroxylation sites is 1. The van der Waals surface area contributed by atoms with Gasteiger partial charge in [-0.1, -0.05) is 382 Å². The smallest absolute Gasteiger partial charge is 0.131 e. The number of hydrogen-bond donors (Lipinski definition) is 10. The fourth-order valence-corrected chi connectivity index (χ4v) is 21.6. The number of hydrogen-bond acceptors (Lipinski definition) is 10. The third-order valence-electron chi connectivity index (χ3n) is 21.8. The molecule has 10 nitrogen and oxygen atoms in total. The van der Waals surface area contributed by atoms with E-state index < -0.39 is 0 Å². The number of aryl methyl sites for hydroxylation is 2. The van der Waals surface area contributed by atoms with Crippen molar-refractivity contribution in [1.29, 1.82) is 0 Å². The van der Waals surface area contributed by atoms with Crippen LogP contribution in [0.15, 0.2) is 394 Å². The summed E-state index contributed by atoms with van der Waals surface area (Å²) in [6.45, 7) is 8.15. The molecule has 0 fully saturated rings. The summed E-state index contributed by atoms with van der Waals surface area (Å²) in [6.07, 6.45) is 0.